The number of benzene rings is 1. The Morgan fingerprint density at radius 1 is 1.29 bits per heavy atom. The van der Waals surface area contributed by atoms with E-state index in [9.17, 15) is 4.39 Å². The molecule has 5 nitrogen and oxygen atoms in total. The number of morpholine rings is 1. The second-order valence-electron chi connectivity index (χ2n) is 7.67. The monoisotopic (exact) mass is 383 g/mol. The lowest BCUT2D eigenvalue weighted by atomic mass is 10.1. The van der Waals surface area contributed by atoms with Crippen LogP contribution in [0.15, 0.2) is 58.5 Å². The lowest BCUT2D eigenvalue weighted by Crippen LogP contribution is -2.46. The molecule has 0 aliphatic carbocycles. The second-order valence-corrected chi connectivity index (χ2v) is 7.67. The Labute approximate surface area is 165 Å². The van der Waals surface area contributed by atoms with Crippen LogP contribution in [-0.2, 0) is 9.47 Å². The van der Waals surface area contributed by atoms with Crippen LogP contribution in [0.1, 0.15) is 26.3 Å². The van der Waals surface area contributed by atoms with E-state index < -0.39 is 0 Å². The van der Waals surface area contributed by atoms with Crippen molar-refractivity contribution in [3.63, 3.8) is 0 Å². The van der Waals surface area contributed by atoms with Gasteiger partial charge >= 0.3 is 0 Å². The van der Waals surface area contributed by atoms with Gasteiger partial charge in [-0.1, -0.05) is 36.1 Å². The van der Waals surface area contributed by atoms with E-state index in [1.165, 1.54) is 6.07 Å². The van der Waals surface area contributed by atoms with E-state index in [-0.39, 0.29) is 17.5 Å². The Kier molecular flexibility index (Phi) is 6.57. The first-order chi connectivity index (χ1) is 13.4. The molecule has 1 saturated heterocycles. The molecular formula is C22H26FN3O2. The first kappa shape index (κ1) is 20.2. The summed E-state index contributed by atoms with van der Waals surface area (Å²) < 4.78 is 25.6. The highest BCUT2D eigenvalue weighted by molar-refractivity contribution is 6.40. The summed E-state index contributed by atoms with van der Waals surface area (Å²) in [6.07, 6.45) is 6.73. The topological polar surface area (TPSA) is 46.4 Å². The molecule has 2 aliphatic rings. The SMILES string of the molecule is CC(C)(C)OC1=NC=C=CN=C1CN1CCOC(/C=C/c2ccccc2F)C1. The first-order valence-corrected chi connectivity index (χ1v) is 9.41. The molecule has 1 unspecified atom stereocenters. The maximum atomic E-state index is 13.8. The molecule has 1 aromatic carbocycles. The van der Waals surface area contributed by atoms with E-state index in [1.54, 1.807) is 30.6 Å². The van der Waals surface area contributed by atoms with Crippen molar-refractivity contribution in [2.24, 2.45) is 9.98 Å². The van der Waals surface area contributed by atoms with Crippen molar-refractivity contribution < 1.29 is 13.9 Å². The van der Waals surface area contributed by atoms with Gasteiger partial charge in [-0.05, 0) is 26.8 Å². The number of hydrogen-bond donors (Lipinski definition) is 0. The Bertz CT molecular complexity index is 846. The lowest BCUT2D eigenvalue weighted by molar-refractivity contribution is 0.00309. The molecule has 0 N–H and O–H groups in total. The van der Waals surface area contributed by atoms with Gasteiger partial charge in [0.2, 0.25) is 5.90 Å². The number of rotatable bonds is 4. The molecule has 3 rings (SSSR count). The maximum absolute atomic E-state index is 13.8. The molecule has 6 heteroatoms. The summed E-state index contributed by atoms with van der Waals surface area (Å²) in [4.78, 5) is 11.0. The van der Waals surface area contributed by atoms with Crippen LogP contribution in [0.4, 0.5) is 4.39 Å². The molecule has 0 bridgehead atoms. The molecule has 1 atom stereocenters. The van der Waals surface area contributed by atoms with Crippen molar-refractivity contribution in [1.82, 2.24) is 4.90 Å². The molecule has 1 aromatic rings. The predicted octanol–water partition coefficient (Wildman–Crippen LogP) is 3.83. The van der Waals surface area contributed by atoms with E-state index >= 15 is 0 Å². The fourth-order valence-electron chi connectivity index (χ4n) is 2.88. The zero-order valence-corrected chi connectivity index (χ0v) is 16.6. The highest BCUT2D eigenvalue weighted by Gasteiger charge is 2.24. The van der Waals surface area contributed by atoms with Crippen LogP contribution < -0.4 is 0 Å². The lowest BCUT2D eigenvalue weighted by Gasteiger charge is -2.32. The van der Waals surface area contributed by atoms with Gasteiger partial charge in [-0.2, -0.15) is 0 Å². The van der Waals surface area contributed by atoms with Crippen LogP contribution in [0.5, 0.6) is 0 Å². The van der Waals surface area contributed by atoms with Crippen molar-refractivity contribution >= 4 is 17.7 Å². The average molecular weight is 383 g/mol. The molecule has 0 spiro atoms. The van der Waals surface area contributed by atoms with Gasteiger partial charge in [-0.3, -0.25) is 4.90 Å². The number of nitrogens with zero attached hydrogens (tertiary/aromatic N) is 3. The average Bonchev–Trinajstić information content (AvgIpc) is 2.85. The van der Waals surface area contributed by atoms with E-state index in [0.717, 1.165) is 12.3 Å². The number of aliphatic imine (C=N–C) groups is 2. The third kappa shape index (κ3) is 5.99. The summed E-state index contributed by atoms with van der Waals surface area (Å²) >= 11 is 0. The van der Waals surface area contributed by atoms with Crippen LogP contribution in [0.2, 0.25) is 0 Å². The normalized spacial score (nSPS) is 20.8. The molecule has 1 fully saturated rings. The number of halogens is 1. The Morgan fingerprint density at radius 2 is 2.07 bits per heavy atom. The second kappa shape index (κ2) is 9.11. The van der Waals surface area contributed by atoms with Gasteiger partial charge in [0.25, 0.3) is 0 Å². The molecule has 0 aromatic heterocycles. The van der Waals surface area contributed by atoms with Crippen molar-refractivity contribution in [1.29, 1.82) is 0 Å². The quantitative estimate of drug-likeness (QED) is 0.743. The fraction of sp³-hybridized carbons (Fsp3) is 0.409. The Morgan fingerprint density at radius 3 is 2.86 bits per heavy atom. The van der Waals surface area contributed by atoms with Crippen molar-refractivity contribution in [3.05, 3.63) is 59.9 Å². The van der Waals surface area contributed by atoms with Crippen LogP contribution in [0.25, 0.3) is 6.08 Å². The molecule has 2 heterocycles. The minimum Gasteiger partial charge on any atom is -0.471 e. The summed E-state index contributed by atoms with van der Waals surface area (Å²) in [5, 5.41) is 0. The van der Waals surface area contributed by atoms with Gasteiger partial charge in [-0.15, -0.1) is 0 Å². The van der Waals surface area contributed by atoms with Gasteiger partial charge in [-0.25, -0.2) is 14.4 Å². The maximum Gasteiger partial charge on any atom is 0.238 e. The van der Waals surface area contributed by atoms with Gasteiger partial charge < -0.3 is 9.47 Å². The van der Waals surface area contributed by atoms with E-state index in [2.05, 4.69) is 20.6 Å². The highest BCUT2D eigenvalue weighted by Crippen LogP contribution is 2.14. The Balaban J connectivity index is 1.65. The van der Waals surface area contributed by atoms with Crippen molar-refractivity contribution in [2.45, 2.75) is 32.5 Å². The zero-order chi connectivity index (χ0) is 20.0. The molecule has 0 radical (unpaired) electrons. The summed E-state index contributed by atoms with van der Waals surface area (Å²) in [6.45, 7) is 8.59. The van der Waals surface area contributed by atoms with Gasteiger partial charge in [0.05, 0.1) is 25.1 Å². The molecule has 28 heavy (non-hydrogen) atoms. The van der Waals surface area contributed by atoms with Gasteiger partial charge in [0, 0.05) is 25.2 Å². The molecule has 2 aliphatic heterocycles. The van der Waals surface area contributed by atoms with Crippen LogP contribution in [0.3, 0.4) is 0 Å². The largest absolute Gasteiger partial charge is 0.471 e. The fourth-order valence-corrected chi connectivity index (χ4v) is 2.88. The summed E-state index contributed by atoms with van der Waals surface area (Å²) in [5.41, 5.74) is 3.84. The van der Waals surface area contributed by atoms with Crippen LogP contribution >= 0.6 is 0 Å². The van der Waals surface area contributed by atoms with E-state index in [4.69, 9.17) is 9.47 Å². The number of hydrogen-bond acceptors (Lipinski definition) is 5. The molecule has 0 amide bonds. The van der Waals surface area contributed by atoms with Crippen LogP contribution in [-0.4, -0.2) is 54.5 Å². The third-order valence-electron chi connectivity index (χ3n) is 4.15. The minimum atomic E-state index is -0.367. The first-order valence-electron chi connectivity index (χ1n) is 9.41. The zero-order valence-electron chi connectivity index (χ0n) is 16.6. The smallest absolute Gasteiger partial charge is 0.238 e. The molecule has 148 valence electrons. The number of ether oxygens (including phenoxy) is 2. The molecular weight excluding hydrogens is 357 g/mol. The van der Waals surface area contributed by atoms with Crippen LogP contribution in [0, 0.1) is 5.82 Å². The van der Waals surface area contributed by atoms with Gasteiger partial charge in [0.1, 0.15) is 17.1 Å². The summed E-state index contributed by atoms with van der Waals surface area (Å²) in [7, 11) is 0. The van der Waals surface area contributed by atoms with Gasteiger partial charge in [0.15, 0.2) is 0 Å². The highest BCUT2D eigenvalue weighted by atomic mass is 19.1. The third-order valence-corrected chi connectivity index (χ3v) is 4.15. The predicted molar refractivity (Wildman–Crippen MR) is 110 cm³/mol. The summed E-state index contributed by atoms with van der Waals surface area (Å²) in [6, 6.07) is 6.70. The Hall–Kier alpha value is -2.53. The summed E-state index contributed by atoms with van der Waals surface area (Å²) in [5.74, 6) is 0.275. The van der Waals surface area contributed by atoms with Crippen molar-refractivity contribution in [2.75, 3.05) is 26.2 Å². The standard InChI is InChI=1S/C22H26FN3O2/c1-22(2,3)28-21-20(24-11-6-12-25-21)16-26-13-14-27-18(15-26)10-9-17-7-4-5-8-19(17)23/h4-5,7-12,18H,13-16H2,1-3H3/b10-9+. The van der Waals surface area contributed by atoms with E-state index in [1.807, 2.05) is 32.9 Å². The molecule has 0 saturated carbocycles. The minimum absolute atomic E-state index is 0.114. The van der Waals surface area contributed by atoms with Crippen molar-refractivity contribution in [3.8, 4) is 0 Å². The van der Waals surface area contributed by atoms with E-state index in [0.29, 0.717) is 31.2 Å².